The van der Waals surface area contributed by atoms with E-state index in [1.807, 2.05) is 0 Å². The minimum absolute atomic E-state index is 0.218. The fraction of sp³-hybridized carbons (Fsp3) is 1.00. The fourth-order valence-electron chi connectivity index (χ4n) is 1.53. The maximum atomic E-state index is 10.1. The molecule has 0 saturated heterocycles. The highest BCUT2D eigenvalue weighted by Gasteiger charge is 2.32. The molecule has 2 N–H and O–H groups in total. The zero-order valence-electron chi connectivity index (χ0n) is 8.29. The summed E-state index contributed by atoms with van der Waals surface area (Å²) in [5, 5.41) is 8.67. The lowest BCUT2D eigenvalue weighted by Gasteiger charge is -2.18. The van der Waals surface area contributed by atoms with Gasteiger partial charge in [0.2, 0.25) is 0 Å². The molecular formula is C9H22O2P+. The van der Waals surface area contributed by atoms with Crippen LogP contribution >= 0.6 is 7.49 Å². The molecule has 0 unspecified atom stereocenters. The van der Waals surface area contributed by atoms with Gasteiger partial charge in [-0.15, -0.1) is 0 Å². The van der Waals surface area contributed by atoms with Gasteiger partial charge < -0.3 is 5.11 Å². The van der Waals surface area contributed by atoms with Crippen molar-refractivity contribution in [3.8, 4) is 0 Å². The van der Waals surface area contributed by atoms with Crippen LogP contribution in [0.2, 0.25) is 0 Å². The van der Waals surface area contributed by atoms with E-state index in [9.17, 15) is 4.89 Å². The van der Waals surface area contributed by atoms with Crippen LogP contribution in [0.15, 0.2) is 0 Å². The normalized spacial score (nSPS) is 12.0. The lowest BCUT2D eigenvalue weighted by atomic mass is 10.5. The van der Waals surface area contributed by atoms with E-state index in [-0.39, 0.29) is 6.61 Å². The van der Waals surface area contributed by atoms with Gasteiger partial charge in [0.25, 0.3) is 0 Å². The van der Waals surface area contributed by atoms with Crippen LogP contribution < -0.4 is 0 Å². The summed E-state index contributed by atoms with van der Waals surface area (Å²) in [5.41, 5.74) is 0. The van der Waals surface area contributed by atoms with Gasteiger partial charge in [-0.2, -0.15) is 0 Å². The Kier molecular flexibility index (Phi) is 7.02. The summed E-state index contributed by atoms with van der Waals surface area (Å²) < 4.78 is 0. The van der Waals surface area contributed by atoms with E-state index in [4.69, 9.17) is 5.11 Å². The average molecular weight is 193 g/mol. The second-order valence-corrected chi connectivity index (χ2v) is 6.87. The summed E-state index contributed by atoms with van der Waals surface area (Å²) in [7, 11) is -1.65. The van der Waals surface area contributed by atoms with Gasteiger partial charge in [-0.1, -0.05) is 13.8 Å². The van der Waals surface area contributed by atoms with Gasteiger partial charge in [0.05, 0.1) is 18.5 Å². The van der Waals surface area contributed by atoms with Crippen LogP contribution in [0.4, 0.5) is 0 Å². The van der Waals surface area contributed by atoms with Crippen molar-refractivity contribution < 1.29 is 10.00 Å². The van der Waals surface area contributed by atoms with E-state index in [0.29, 0.717) is 0 Å². The Labute approximate surface area is 76.4 Å². The topological polar surface area (TPSA) is 40.5 Å². The van der Waals surface area contributed by atoms with E-state index in [1.165, 1.54) is 0 Å². The van der Waals surface area contributed by atoms with Crippen molar-refractivity contribution >= 4 is 7.49 Å². The Morgan fingerprint density at radius 2 is 1.50 bits per heavy atom. The van der Waals surface area contributed by atoms with Crippen LogP contribution in [-0.4, -0.2) is 35.1 Å². The zero-order chi connectivity index (χ0) is 9.45. The third-order valence-corrected chi connectivity index (χ3v) is 5.72. The van der Waals surface area contributed by atoms with Crippen molar-refractivity contribution in [2.45, 2.75) is 33.1 Å². The molecule has 3 heteroatoms. The average Bonchev–Trinajstić information content (AvgIpc) is 2.02. The number of rotatable bonds is 7. The second kappa shape index (κ2) is 6.82. The Hall–Kier alpha value is 0.350. The summed E-state index contributed by atoms with van der Waals surface area (Å²) in [5.74, 6) is 0. The Morgan fingerprint density at radius 3 is 1.83 bits per heavy atom. The largest absolute Gasteiger partial charge is 0.396 e. The van der Waals surface area contributed by atoms with Gasteiger partial charge >= 0.3 is 0 Å². The molecule has 0 atom stereocenters. The SMILES string of the molecule is CCC[P+](O)(CCC)CCCO. The first kappa shape index (κ1) is 12.3. The van der Waals surface area contributed by atoms with Crippen molar-refractivity contribution in [2.24, 2.45) is 0 Å². The summed E-state index contributed by atoms with van der Waals surface area (Å²) in [4.78, 5) is 10.1. The first-order chi connectivity index (χ1) is 5.68. The highest BCUT2D eigenvalue weighted by Crippen LogP contribution is 2.55. The maximum absolute atomic E-state index is 10.1. The van der Waals surface area contributed by atoms with Gasteiger partial charge in [0.15, 0.2) is 0 Å². The molecule has 0 bridgehead atoms. The molecule has 74 valence electrons. The summed E-state index contributed by atoms with van der Waals surface area (Å²) in [6.07, 6.45) is 5.70. The molecule has 0 saturated carbocycles. The quantitative estimate of drug-likeness (QED) is 0.608. The minimum atomic E-state index is -1.65. The van der Waals surface area contributed by atoms with Crippen LogP contribution in [0.5, 0.6) is 0 Å². The van der Waals surface area contributed by atoms with Crippen LogP contribution in [0.1, 0.15) is 33.1 Å². The summed E-state index contributed by atoms with van der Waals surface area (Å²) in [6, 6.07) is 0. The first-order valence-electron chi connectivity index (χ1n) is 4.88. The maximum Gasteiger partial charge on any atom is 0.142 e. The number of hydrogen-bond donors (Lipinski definition) is 2. The molecule has 0 amide bonds. The number of hydrogen-bond acceptors (Lipinski definition) is 2. The Balaban J connectivity index is 3.80. The van der Waals surface area contributed by atoms with Gasteiger partial charge in [0.1, 0.15) is 7.49 Å². The second-order valence-electron chi connectivity index (χ2n) is 3.34. The lowest BCUT2D eigenvalue weighted by molar-refractivity contribution is 0.294. The number of aliphatic hydroxyl groups is 1. The van der Waals surface area contributed by atoms with E-state index in [0.717, 1.165) is 37.7 Å². The van der Waals surface area contributed by atoms with Gasteiger partial charge in [-0.25, -0.2) is 0 Å². The fourth-order valence-corrected chi connectivity index (χ4v) is 4.60. The van der Waals surface area contributed by atoms with Crippen molar-refractivity contribution in [2.75, 3.05) is 25.1 Å². The van der Waals surface area contributed by atoms with Gasteiger partial charge in [-0.05, 0) is 12.8 Å². The molecule has 0 aliphatic heterocycles. The molecular weight excluding hydrogens is 171 g/mol. The Morgan fingerprint density at radius 1 is 1.00 bits per heavy atom. The smallest absolute Gasteiger partial charge is 0.142 e. The number of aliphatic hydroxyl groups excluding tert-OH is 1. The monoisotopic (exact) mass is 193 g/mol. The standard InChI is InChI=1S/C9H22O2P/c1-3-7-12(11,8-4-2)9-5-6-10/h10-11H,3-9H2,1-2H3/q+1. The molecule has 0 aromatic carbocycles. The molecule has 0 radical (unpaired) electrons. The third kappa shape index (κ3) is 5.08. The highest BCUT2D eigenvalue weighted by molar-refractivity contribution is 7.70. The van der Waals surface area contributed by atoms with Gasteiger partial charge in [0, 0.05) is 13.0 Å². The third-order valence-electron chi connectivity index (χ3n) is 2.01. The molecule has 0 aromatic rings. The van der Waals surface area contributed by atoms with E-state index >= 15 is 0 Å². The zero-order valence-corrected chi connectivity index (χ0v) is 9.19. The summed E-state index contributed by atoms with van der Waals surface area (Å²) >= 11 is 0. The van der Waals surface area contributed by atoms with Crippen molar-refractivity contribution in [1.29, 1.82) is 0 Å². The molecule has 0 spiro atoms. The predicted molar refractivity (Wildman–Crippen MR) is 56.0 cm³/mol. The lowest BCUT2D eigenvalue weighted by Crippen LogP contribution is -2.07. The molecule has 0 aliphatic carbocycles. The van der Waals surface area contributed by atoms with Crippen molar-refractivity contribution in [3.05, 3.63) is 0 Å². The van der Waals surface area contributed by atoms with Crippen LogP contribution in [0.25, 0.3) is 0 Å². The van der Waals surface area contributed by atoms with Crippen molar-refractivity contribution in [1.82, 2.24) is 0 Å². The molecule has 2 nitrogen and oxygen atoms in total. The summed E-state index contributed by atoms with van der Waals surface area (Å²) in [6.45, 7) is 4.44. The highest BCUT2D eigenvalue weighted by atomic mass is 31.2. The van der Waals surface area contributed by atoms with Gasteiger partial charge in [-0.3, -0.25) is 4.89 Å². The van der Waals surface area contributed by atoms with E-state index < -0.39 is 7.49 Å². The van der Waals surface area contributed by atoms with Crippen LogP contribution in [0.3, 0.4) is 0 Å². The molecule has 0 fully saturated rings. The van der Waals surface area contributed by atoms with Crippen LogP contribution in [0, 0.1) is 0 Å². The molecule has 0 aliphatic rings. The van der Waals surface area contributed by atoms with Crippen LogP contribution in [-0.2, 0) is 0 Å². The van der Waals surface area contributed by atoms with Crippen molar-refractivity contribution in [3.63, 3.8) is 0 Å². The molecule has 0 aromatic heterocycles. The van der Waals surface area contributed by atoms with E-state index in [2.05, 4.69) is 13.8 Å². The molecule has 12 heavy (non-hydrogen) atoms. The Bertz CT molecular complexity index is 101. The molecule has 0 heterocycles. The predicted octanol–water partition coefficient (Wildman–Crippen LogP) is 2.11. The molecule has 0 rings (SSSR count). The van der Waals surface area contributed by atoms with E-state index in [1.54, 1.807) is 0 Å². The minimum Gasteiger partial charge on any atom is -0.396 e. The first-order valence-corrected chi connectivity index (χ1v) is 7.18.